The molecule has 0 bridgehead atoms. The van der Waals surface area contributed by atoms with E-state index in [4.69, 9.17) is 9.47 Å². The van der Waals surface area contributed by atoms with Crippen molar-refractivity contribution in [2.75, 3.05) is 27.3 Å². The highest BCUT2D eigenvalue weighted by atomic mass is 16.5. The third-order valence-electron chi connectivity index (χ3n) is 3.70. The minimum absolute atomic E-state index is 0.0758. The molecule has 1 aliphatic heterocycles. The van der Waals surface area contributed by atoms with Crippen LogP contribution in [-0.2, 0) is 11.2 Å². The van der Waals surface area contributed by atoms with Gasteiger partial charge in [-0.25, -0.2) is 0 Å². The van der Waals surface area contributed by atoms with Crippen LogP contribution in [0.3, 0.4) is 0 Å². The number of likely N-dealkylation sites (tertiary alicyclic amines) is 1. The van der Waals surface area contributed by atoms with Crippen molar-refractivity contribution in [3.05, 3.63) is 23.8 Å². The summed E-state index contributed by atoms with van der Waals surface area (Å²) in [7, 11) is 3.11. The number of amides is 1. The molecule has 0 unspecified atom stereocenters. The number of β-amino-alcohol motifs (C(OH)–C–C–N with tert-alkyl or cyclic N) is 1. The summed E-state index contributed by atoms with van der Waals surface area (Å²) in [5.74, 6) is 1.12. The molecule has 6 heteroatoms. The Bertz CT molecular complexity index is 505. The second-order valence-electron chi connectivity index (χ2n) is 5.13. The minimum Gasteiger partial charge on any atom is -0.493 e. The molecule has 0 spiro atoms. The number of carbonyl (C=O) groups is 1. The summed E-state index contributed by atoms with van der Waals surface area (Å²) in [5.41, 5.74) is 0.818. The Kier molecular flexibility index (Phi) is 5.03. The van der Waals surface area contributed by atoms with Gasteiger partial charge in [-0.2, -0.15) is 0 Å². The van der Waals surface area contributed by atoms with Gasteiger partial charge in [-0.3, -0.25) is 4.79 Å². The van der Waals surface area contributed by atoms with Gasteiger partial charge in [0.05, 0.1) is 32.8 Å². The normalized spacial score (nSPS) is 22.0. The zero-order valence-corrected chi connectivity index (χ0v) is 12.3. The van der Waals surface area contributed by atoms with E-state index in [-0.39, 0.29) is 18.9 Å². The highest BCUT2D eigenvalue weighted by Crippen LogP contribution is 2.28. The molecule has 0 saturated carbocycles. The Morgan fingerprint density at radius 1 is 1.24 bits per heavy atom. The average Bonchev–Trinajstić information content (AvgIpc) is 2.49. The molecule has 21 heavy (non-hydrogen) atoms. The van der Waals surface area contributed by atoms with Gasteiger partial charge < -0.3 is 24.6 Å². The van der Waals surface area contributed by atoms with Crippen LogP contribution >= 0.6 is 0 Å². The van der Waals surface area contributed by atoms with E-state index in [9.17, 15) is 15.0 Å². The molecule has 1 heterocycles. The summed E-state index contributed by atoms with van der Waals surface area (Å²) in [6, 6.07) is 5.34. The number of carbonyl (C=O) groups excluding carboxylic acids is 1. The number of aliphatic hydroxyl groups is 2. The summed E-state index contributed by atoms with van der Waals surface area (Å²) in [6.45, 7) is 0.637. The fourth-order valence-electron chi connectivity index (χ4n) is 2.42. The summed E-state index contributed by atoms with van der Waals surface area (Å²) in [6.07, 6.45) is -0.981. The number of benzene rings is 1. The molecular weight excluding hydrogens is 274 g/mol. The molecule has 0 aromatic heterocycles. The van der Waals surface area contributed by atoms with Gasteiger partial charge in [0.2, 0.25) is 5.91 Å². The minimum atomic E-state index is -0.867. The first-order valence-corrected chi connectivity index (χ1v) is 6.90. The van der Waals surface area contributed by atoms with Crippen LogP contribution in [0.25, 0.3) is 0 Å². The van der Waals surface area contributed by atoms with Crippen molar-refractivity contribution in [3.63, 3.8) is 0 Å². The van der Waals surface area contributed by atoms with E-state index in [2.05, 4.69) is 0 Å². The maximum absolute atomic E-state index is 12.2. The predicted octanol–water partition coefficient (Wildman–Crippen LogP) is 0.200. The third-order valence-corrected chi connectivity index (χ3v) is 3.70. The Hall–Kier alpha value is -1.79. The lowest BCUT2D eigenvalue weighted by Crippen LogP contribution is -2.49. The third kappa shape index (κ3) is 3.65. The number of piperidine rings is 1. The van der Waals surface area contributed by atoms with Crippen molar-refractivity contribution in [2.24, 2.45) is 0 Å². The largest absolute Gasteiger partial charge is 0.493 e. The number of aliphatic hydroxyl groups excluding tert-OH is 2. The summed E-state index contributed by atoms with van der Waals surface area (Å²) >= 11 is 0. The van der Waals surface area contributed by atoms with Crippen molar-refractivity contribution in [2.45, 2.75) is 25.0 Å². The first-order chi connectivity index (χ1) is 10.0. The zero-order chi connectivity index (χ0) is 15.4. The summed E-state index contributed by atoms with van der Waals surface area (Å²) in [5, 5.41) is 19.1. The van der Waals surface area contributed by atoms with E-state index in [1.54, 1.807) is 31.3 Å². The molecule has 1 aromatic carbocycles. The molecule has 1 amide bonds. The topological polar surface area (TPSA) is 79.2 Å². The van der Waals surface area contributed by atoms with Crippen LogP contribution in [0.15, 0.2) is 18.2 Å². The second kappa shape index (κ2) is 6.78. The van der Waals surface area contributed by atoms with Gasteiger partial charge in [0, 0.05) is 13.1 Å². The van der Waals surface area contributed by atoms with Crippen LogP contribution in [0.2, 0.25) is 0 Å². The number of methoxy groups -OCH3 is 2. The van der Waals surface area contributed by atoms with E-state index < -0.39 is 12.2 Å². The van der Waals surface area contributed by atoms with Crippen LogP contribution in [0.5, 0.6) is 11.5 Å². The lowest BCUT2D eigenvalue weighted by molar-refractivity contribution is -0.136. The van der Waals surface area contributed by atoms with Gasteiger partial charge in [-0.1, -0.05) is 6.07 Å². The molecule has 2 N–H and O–H groups in total. The number of hydrogen-bond donors (Lipinski definition) is 2. The zero-order valence-electron chi connectivity index (χ0n) is 12.3. The van der Waals surface area contributed by atoms with Crippen LogP contribution in [0.4, 0.5) is 0 Å². The second-order valence-corrected chi connectivity index (χ2v) is 5.13. The number of nitrogens with zero attached hydrogens (tertiary/aromatic N) is 1. The van der Waals surface area contributed by atoms with Crippen molar-refractivity contribution >= 4 is 5.91 Å². The molecule has 6 nitrogen and oxygen atoms in total. The molecule has 1 saturated heterocycles. The molecule has 0 radical (unpaired) electrons. The van der Waals surface area contributed by atoms with Crippen LogP contribution in [0, 0.1) is 0 Å². The Morgan fingerprint density at radius 2 is 1.95 bits per heavy atom. The molecule has 116 valence electrons. The van der Waals surface area contributed by atoms with E-state index in [1.807, 2.05) is 6.07 Å². The Morgan fingerprint density at radius 3 is 2.57 bits per heavy atom. The lowest BCUT2D eigenvalue weighted by Gasteiger charge is -2.33. The molecule has 1 fully saturated rings. The van der Waals surface area contributed by atoms with Gasteiger partial charge in [-0.15, -0.1) is 0 Å². The molecule has 1 aromatic rings. The number of rotatable bonds is 4. The number of hydrogen-bond acceptors (Lipinski definition) is 5. The fraction of sp³-hybridized carbons (Fsp3) is 0.533. The molecular formula is C15H21NO5. The molecule has 0 aliphatic carbocycles. The van der Waals surface area contributed by atoms with Crippen molar-refractivity contribution in [1.82, 2.24) is 4.90 Å². The molecule has 2 rings (SSSR count). The number of ether oxygens (including phenoxy) is 2. The summed E-state index contributed by atoms with van der Waals surface area (Å²) < 4.78 is 10.4. The highest BCUT2D eigenvalue weighted by Gasteiger charge is 2.28. The van der Waals surface area contributed by atoms with Gasteiger partial charge >= 0.3 is 0 Å². The van der Waals surface area contributed by atoms with Crippen molar-refractivity contribution in [1.29, 1.82) is 0 Å². The predicted molar refractivity (Wildman–Crippen MR) is 76.5 cm³/mol. The molecule has 2 atom stereocenters. The smallest absolute Gasteiger partial charge is 0.227 e. The SMILES string of the molecule is COc1ccc(CC(=O)N2CC[C@@H](O)[C@H](O)C2)cc1OC. The van der Waals surface area contributed by atoms with Gasteiger partial charge in [0.1, 0.15) is 0 Å². The summed E-state index contributed by atoms with van der Waals surface area (Å²) in [4.78, 5) is 13.8. The average molecular weight is 295 g/mol. The van der Waals surface area contributed by atoms with E-state index in [0.29, 0.717) is 24.5 Å². The maximum Gasteiger partial charge on any atom is 0.227 e. The van der Waals surface area contributed by atoms with E-state index in [0.717, 1.165) is 5.56 Å². The lowest BCUT2D eigenvalue weighted by atomic mass is 10.0. The van der Waals surface area contributed by atoms with Crippen molar-refractivity contribution in [3.8, 4) is 11.5 Å². The van der Waals surface area contributed by atoms with Crippen LogP contribution < -0.4 is 9.47 Å². The van der Waals surface area contributed by atoms with Gasteiger partial charge in [0.25, 0.3) is 0 Å². The standard InChI is InChI=1S/C15H21NO5/c1-20-13-4-3-10(7-14(13)21-2)8-15(19)16-6-5-11(17)12(18)9-16/h3-4,7,11-12,17-18H,5-6,8-9H2,1-2H3/t11-,12-/m1/s1. The quantitative estimate of drug-likeness (QED) is 0.829. The first-order valence-electron chi connectivity index (χ1n) is 6.90. The molecule has 1 aliphatic rings. The highest BCUT2D eigenvalue weighted by molar-refractivity contribution is 5.79. The van der Waals surface area contributed by atoms with Gasteiger partial charge in [-0.05, 0) is 24.1 Å². The monoisotopic (exact) mass is 295 g/mol. The Labute approximate surface area is 123 Å². The Balaban J connectivity index is 2.02. The van der Waals surface area contributed by atoms with Crippen LogP contribution in [0.1, 0.15) is 12.0 Å². The van der Waals surface area contributed by atoms with E-state index >= 15 is 0 Å². The maximum atomic E-state index is 12.2. The van der Waals surface area contributed by atoms with Crippen molar-refractivity contribution < 1.29 is 24.5 Å². The van der Waals surface area contributed by atoms with Gasteiger partial charge in [0.15, 0.2) is 11.5 Å². The fourth-order valence-corrected chi connectivity index (χ4v) is 2.42. The van der Waals surface area contributed by atoms with E-state index in [1.165, 1.54) is 0 Å². The van der Waals surface area contributed by atoms with Crippen LogP contribution in [-0.4, -0.2) is 60.5 Å². The first kappa shape index (κ1) is 15.6.